The van der Waals surface area contributed by atoms with Crippen LogP contribution in [0.5, 0.6) is 0 Å². The van der Waals surface area contributed by atoms with Crippen LogP contribution >= 0.6 is 11.6 Å². The lowest BCUT2D eigenvalue weighted by Crippen LogP contribution is -2.58. The van der Waals surface area contributed by atoms with Crippen LogP contribution in [0.3, 0.4) is 0 Å². The van der Waals surface area contributed by atoms with E-state index in [-0.39, 0.29) is 11.6 Å². The molecular formula is C15H21ClN4O2. The van der Waals surface area contributed by atoms with Crippen molar-refractivity contribution in [2.75, 3.05) is 24.5 Å². The highest BCUT2D eigenvalue weighted by Crippen LogP contribution is 2.45. The average Bonchev–Trinajstić information content (AvgIpc) is 3.16. The molecular weight excluding hydrogens is 304 g/mol. The Labute approximate surface area is 135 Å². The number of anilines is 1. The quantitative estimate of drug-likeness (QED) is 0.743. The van der Waals surface area contributed by atoms with Gasteiger partial charge in [-0.25, -0.2) is 14.8 Å². The first-order valence-electron chi connectivity index (χ1n) is 7.53. The third-order valence-corrected chi connectivity index (χ3v) is 4.19. The van der Waals surface area contributed by atoms with Gasteiger partial charge in [-0.2, -0.15) is 0 Å². The van der Waals surface area contributed by atoms with Crippen molar-refractivity contribution in [3.63, 3.8) is 0 Å². The molecule has 1 aliphatic carbocycles. The minimum absolute atomic E-state index is 0.133. The minimum Gasteiger partial charge on any atom is -0.444 e. The average molecular weight is 325 g/mol. The molecule has 1 aromatic heterocycles. The number of rotatable bonds is 1. The first-order chi connectivity index (χ1) is 10.3. The molecule has 3 rings (SSSR count). The van der Waals surface area contributed by atoms with Gasteiger partial charge in [0.1, 0.15) is 10.8 Å². The molecule has 0 bridgehead atoms. The van der Waals surface area contributed by atoms with Crippen molar-refractivity contribution in [1.82, 2.24) is 14.9 Å². The molecule has 7 heteroatoms. The summed E-state index contributed by atoms with van der Waals surface area (Å²) >= 11 is 5.94. The third kappa shape index (κ3) is 3.11. The summed E-state index contributed by atoms with van der Waals surface area (Å²) in [6.45, 7) is 7.69. The first-order valence-corrected chi connectivity index (χ1v) is 7.91. The number of nitrogens with zero attached hydrogens (tertiary/aromatic N) is 4. The molecule has 0 radical (unpaired) electrons. The van der Waals surface area contributed by atoms with E-state index >= 15 is 0 Å². The number of hydrogen-bond donors (Lipinski definition) is 0. The van der Waals surface area contributed by atoms with Gasteiger partial charge in [0, 0.05) is 25.8 Å². The number of aromatic nitrogens is 2. The Morgan fingerprint density at radius 3 is 2.68 bits per heavy atom. The van der Waals surface area contributed by atoms with Crippen molar-refractivity contribution in [3.8, 4) is 0 Å². The first kappa shape index (κ1) is 15.3. The number of carbonyl (C=O) groups excluding carboxylic acids is 1. The summed E-state index contributed by atoms with van der Waals surface area (Å²) in [6.07, 6.45) is 3.41. The molecule has 0 N–H and O–H groups in total. The summed E-state index contributed by atoms with van der Waals surface area (Å²) in [7, 11) is 0. The lowest BCUT2D eigenvalue weighted by molar-refractivity contribution is 0.0105. The normalized spacial score (nSPS) is 20.2. The van der Waals surface area contributed by atoms with Crippen LogP contribution in [0.25, 0.3) is 0 Å². The Bertz CT molecular complexity index is 583. The molecule has 0 atom stereocenters. The van der Waals surface area contributed by atoms with Gasteiger partial charge in [-0.15, -0.1) is 0 Å². The standard InChI is InChI=1S/C15H21ClN4O2/c1-14(2,3)22-13(21)20-9-8-19(10-15(20)5-6-15)12-17-7-4-11(16)18-12/h4,7H,5-6,8-10H2,1-3H3. The molecule has 2 fully saturated rings. The van der Waals surface area contributed by atoms with Gasteiger partial charge in [0.15, 0.2) is 0 Å². The van der Waals surface area contributed by atoms with E-state index in [1.165, 1.54) is 0 Å². The molecule has 2 heterocycles. The summed E-state index contributed by atoms with van der Waals surface area (Å²) in [6, 6.07) is 1.66. The lowest BCUT2D eigenvalue weighted by atomic mass is 10.1. The zero-order chi connectivity index (χ0) is 16.0. The fourth-order valence-corrected chi connectivity index (χ4v) is 2.93. The Morgan fingerprint density at radius 2 is 2.09 bits per heavy atom. The van der Waals surface area contributed by atoms with E-state index in [0.717, 1.165) is 19.4 Å². The van der Waals surface area contributed by atoms with E-state index in [4.69, 9.17) is 16.3 Å². The fourth-order valence-electron chi connectivity index (χ4n) is 2.80. The third-order valence-electron chi connectivity index (χ3n) is 3.98. The molecule has 0 aromatic carbocycles. The molecule has 0 unspecified atom stereocenters. The summed E-state index contributed by atoms with van der Waals surface area (Å²) in [4.78, 5) is 24.9. The van der Waals surface area contributed by atoms with Crippen molar-refractivity contribution < 1.29 is 9.53 Å². The highest BCUT2D eigenvalue weighted by molar-refractivity contribution is 6.29. The molecule has 2 aliphatic rings. The largest absolute Gasteiger partial charge is 0.444 e. The molecule has 1 saturated carbocycles. The van der Waals surface area contributed by atoms with Gasteiger partial charge < -0.3 is 9.64 Å². The Balaban J connectivity index is 1.72. The van der Waals surface area contributed by atoms with Crippen LogP contribution in [-0.2, 0) is 4.74 Å². The van der Waals surface area contributed by atoms with Crippen molar-refractivity contribution in [1.29, 1.82) is 0 Å². The number of amides is 1. The van der Waals surface area contributed by atoms with Crippen molar-refractivity contribution in [2.24, 2.45) is 0 Å². The van der Waals surface area contributed by atoms with E-state index in [1.54, 1.807) is 12.3 Å². The number of piperazine rings is 1. The van der Waals surface area contributed by atoms with E-state index in [2.05, 4.69) is 14.9 Å². The second kappa shape index (κ2) is 5.26. The Kier molecular flexibility index (Phi) is 3.67. The number of halogens is 1. The van der Waals surface area contributed by atoms with Crippen LogP contribution in [0, 0.1) is 0 Å². The minimum atomic E-state index is -0.472. The van der Waals surface area contributed by atoms with Crippen LogP contribution in [-0.4, -0.2) is 51.7 Å². The van der Waals surface area contributed by atoms with Gasteiger partial charge in [0.05, 0.1) is 5.54 Å². The zero-order valence-corrected chi connectivity index (χ0v) is 13.9. The number of ether oxygens (including phenoxy) is 1. The van der Waals surface area contributed by atoms with Crippen molar-refractivity contribution >= 4 is 23.6 Å². The molecule has 120 valence electrons. The summed E-state index contributed by atoms with van der Waals surface area (Å²) in [5.74, 6) is 0.627. The van der Waals surface area contributed by atoms with Crippen LogP contribution in [0.15, 0.2) is 12.3 Å². The lowest BCUT2D eigenvalue weighted by Gasteiger charge is -2.42. The van der Waals surface area contributed by atoms with Crippen molar-refractivity contribution in [3.05, 3.63) is 17.4 Å². The Morgan fingerprint density at radius 1 is 1.36 bits per heavy atom. The molecule has 1 aliphatic heterocycles. The second-order valence-electron chi connectivity index (χ2n) is 6.96. The van der Waals surface area contributed by atoms with Gasteiger partial charge in [0.25, 0.3) is 0 Å². The molecule has 1 saturated heterocycles. The van der Waals surface area contributed by atoms with E-state index in [9.17, 15) is 4.79 Å². The highest BCUT2D eigenvalue weighted by Gasteiger charge is 2.54. The summed E-state index contributed by atoms with van der Waals surface area (Å²) in [5, 5.41) is 0.435. The maximum atomic E-state index is 12.4. The van der Waals surface area contributed by atoms with Crippen LogP contribution in [0.2, 0.25) is 5.15 Å². The predicted molar refractivity (Wildman–Crippen MR) is 84.2 cm³/mol. The molecule has 6 nitrogen and oxygen atoms in total. The van der Waals surface area contributed by atoms with Crippen LogP contribution < -0.4 is 4.90 Å². The monoisotopic (exact) mass is 324 g/mol. The maximum Gasteiger partial charge on any atom is 0.410 e. The van der Waals surface area contributed by atoms with E-state index in [0.29, 0.717) is 24.2 Å². The predicted octanol–water partition coefficient (Wildman–Crippen LogP) is 2.72. The molecule has 22 heavy (non-hydrogen) atoms. The maximum absolute atomic E-state index is 12.4. The van der Waals surface area contributed by atoms with Gasteiger partial charge in [-0.3, -0.25) is 4.90 Å². The summed E-state index contributed by atoms with van der Waals surface area (Å²) < 4.78 is 5.53. The van der Waals surface area contributed by atoms with Gasteiger partial charge in [-0.1, -0.05) is 11.6 Å². The summed E-state index contributed by atoms with van der Waals surface area (Å²) in [5.41, 5.74) is -0.605. The SMILES string of the molecule is CC(C)(C)OC(=O)N1CCN(c2nccc(Cl)n2)CC12CC2. The second-order valence-corrected chi connectivity index (χ2v) is 7.34. The van der Waals surface area contributed by atoms with E-state index in [1.807, 2.05) is 25.7 Å². The fraction of sp³-hybridized carbons (Fsp3) is 0.667. The topological polar surface area (TPSA) is 58.6 Å². The molecule has 1 amide bonds. The number of carbonyl (C=O) groups is 1. The Hall–Kier alpha value is -1.56. The van der Waals surface area contributed by atoms with Gasteiger partial charge >= 0.3 is 6.09 Å². The van der Waals surface area contributed by atoms with Gasteiger partial charge in [0.2, 0.25) is 5.95 Å². The van der Waals surface area contributed by atoms with Crippen LogP contribution in [0.1, 0.15) is 33.6 Å². The smallest absolute Gasteiger partial charge is 0.410 e. The highest BCUT2D eigenvalue weighted by atomic mass is 35.5. The van der Waals surface area contributed by atoms with E-state index < -0.39 is 5.60 Å². The zero-order valence-electron chi connectivity index (χ0n) is 13.2. The molecule has 1 aromatic rings. The van der Waals surface area contributed by atoms with Crippen molar-refractivity contribution in [2.45, 2.75) is 44.8 Å². The number of hydrogen-bond acceptors (Lipinski definition) is 5. The van der Waals surface area contributed by atoms with Crippen LogP contribution in [0.4, 0.5) is 10.7 Å². The van der Waals surface area contributed by atoms with Gasteiger partial charge in [-0.05, 0) is 39.7 Å². The molecule has 1 spiro atoms.